The van der Waals surface area contributed by atoms with Crippen LogP contribution in [0.2, 0.25) is 0 Å². The van der Waals surface area contributed by atoms with Crippen LogP contribution in [0.15, 0.2) is 24.3 Å². The number of benzene rings is 1. The number of urea groups is 1. The van der Waals surface area contributed by atoms with Gasteiger partial charge in [0.15, 0.2) is 0 Å². The van der Waals surface area contributed by atoms with Crippen LogP contribution in [0.3, 0.4) is 0 Å². The Balaban J connectivity index is 2.19. The predicted octanol–water partition coefficient (Wildman–Crippen LogP) is 1.25. The molecule has 4 amide bonds. The first-order chi connectivity index (χ1) is 12.8. The smallest absolute Gasteiger partial charge is 0.325 e. The Morgan fingerprint density at radius 2 is 1.81 bits per heavy atom. The third-order valence-electron chi connectivity index (χ3n) is 4.32. The second-order valence-electron chi connectivity index (χ2n) is 6.12. The van der Waals surface area contributed by atoms with Gasteiger partial charge in [0.2, 0.25) is 5.91 Å². The molecule has 27 heavy (non-hydrogen) atoms. The van der Waals surface area contributed by atoms with Gasteiger partial charge in [0, 0.05) is 18.7 Å². The summed E-state index contributed by atoms with van der Waals surface area (Å²) in [4.78, 5) is 39.5. The lowest BCUT2D eigenvalue weighted by molar-refractivity contribution is -0.138. The van der Waals surface area contributed by atoms with Gasteiger partial charge in [0.05, 0.1) is 25.0 Å². The van der Waals surface area contributed by atoms with E-state index in [1.54, 1.807) is 6.07 Å². The summed E-state index contributed by atoms with van der Waals surface area (Å²) in [5, 5.41) is 19.8. The number of imide groups is 1. The van der Waals surface area contributed by atoms with Crippen molar-refractivity contribution < 1.29 is 18.8 Å². The van der Waals surface area contributed by atoms with Gasteiger partial charge >= 0.3 is 6.03 Å². The van der Waals surface area contributed by atoms with Gasteiger partial charge in [-0.2, -0.15) is 10.5 Å². The van der Waals surface area contributed by atoms with E-state index in [4.69, 9.17) is 10.5 Å². The maximum absolute atomic E-state index is 14.1. The monoisotopic (exact) mass is 371 g/mol. The van der Waals surface area contributed by atoms with Crippen LogP contribution in [-0.4, -0.2) is 47.3 Å². The van der Waals surface area contributed by atoms with Gasteiger partial charge in [-0.25, -0.2) is 9.18 Å². The Bertz CT molecular complexity index is 826. The lowest BCUT2D eigenvalue weighted by Gasteiger charge is -2.24. The van der Waals surface area contributed by atoms with Crippen molar-refractivity contribution in [2.75, 3.05) is 19.6 Å². The van der Waals surface area contributed by atoms with Crippen molar-refractivity contribution in [1.29, 1.82) is 10.5 Å². The van der Waals surface area contributed by atoms with E-state index in [1.807, 2.05) is 12.1 Å². The van der Waals surface area contributed by atoms with Crippen LogP contribution < -0.4 is 5.32 Å². The van der Waals surface area contributed by atoms with Crippen LogP contribution in [0.25, 0.3) is 0 Å². The van der Waals surface area contributed by atoms with Gasteiger partial charge in [-0.1, -0.05) is 18.2 Å². The fourth-order valence-electron chi connectivity index (χ4n) is 2.86. The Hall–Kier alpha value is -3.46. The summed E-state index contributed by atoms with van der Waals surface area (Å²) >= 11 is 0. The summed E-state index contributed by atoms with van der Waals surface area (Å²) in [7, 11) is 0. The first kappa shape index (κ1) is 19.9. The zero-order chi connectivity index (χ0) is 20.0. The lowest BCUT2D eigenvalue weighted by atomic mass is 9.91. The predicted molar refractivity (Wildman–Crippen MR) is 91.0 cm³/mol. The fraction of sp³-hybridized carbons (Fsp3) is 0.389. The minimum absolute atomic E-state index is 0.00381. The molecule has 140 valence electrons. The van der Waals surface area contributed by atoms with E-state index < -0.39 is 35.7 Å². The number of amides is 4. The van der Waals surface area contributed by atoms with Crippen molar-refractivity contribution in [3.8, 4) is 12.1 Å². The van der Waals surface area contributed by atoms with E-state index in [2.05, 4.69) is 5.32 Å². The molecule has 1 aromatic carbocycles. The van der Waals surface area contributed by atoms with Crippen LogP contribution in [-0.2, 0) is 15.1 Å². The third-order valence-corrected chi connectivity index (χ3v) is 4.32. The molecule has 1 saturated heterocycles. The zero-order valence-corrected chi connectivity index (χ0v) is 14.7. The molecule has 1 aromatic rings. The summed E-state index contributed by atoms with van der Waals surface area (Å²) in [5.41, 5.74) is -1.61. The molecule has 0 spiro atoms. The molecule has 1 aliphatic heterocycles. The Kier molecular flexibility index (Phi) is 6.09. The highest BCUT2D eigenvalue weighted by atomic mass is 19.1. The molecule has 0 radical (unpaired) electrons. The number of halogens is 1. The van der Waals surface area contributed by atoms with E-state index in [0.717, 1.165) is 4.90 Å². The Labute approximate surface area is 155 Å². The molecule has 2 rings (SSSR count). The Morgan fingerprint density at radius 1 is 1.22 bits per heavy atom. The molecule has 0 bridgehead atoms. The van der Waals surface area contributed by atoms with Crippen molar-refractivity contribution in [2.24, 2.45) is 0 Å². The van der Waals surface area contributed by atoms with Crippen LogP contribution in [0.1, 0.15) is 25.3 Å². The second-order valence-corrected chi connectivity index (χ2v) is 6.12. The van der Waals surface area contributed by atoms with Gasteiger partial charge in [-0.05, 0) is 13.0 Å². The van der Waals surface area contributed by atoms with Gasteiger partial charge < -0.3 is 10.2 Å². The average molecular weight is 371 g/mol. The highest BCUT2D eigenvalue weighted by Crippen LogP contribution is 2.30. The maximum atomic E-state index is 14.1. The summed E-state index contributed by atoms with van der Waals surface area (Å²) in [6, 6.07) is 8.58. The summed E-state index contributed by atoms with van der Waals surface area (Å²) in [6.45, 7) is 1.00. The highest BCUT2D eigenvalue weighted by Gasteiger charge is 2.50. The van der Waals surface area contributed by atoms with Crippen molar-refractivity contribution in [3.63, 3.8) is 0 Å². The van der Waals surface area contributed by atoms with Crippen LogP contribution in [0.5, 0.6) is 0 Å². The maximum Gasteiger partial charge on any atom is 0.325 e. The second kappa shape index (κ2) is 8.28. The summed E-state index contributed by atoms with van der Waals surface area (Å²) in [5.74, 6) is -1.96. The van der Waals surface area contributed by atoms with Gasteiger partial charge in [-0.15, -0.1) is 0 Å². The van der Waals surface area contributed by atoms with E-state index in [-0.39, 0.29) is 31.5 Å². The molecule has 0 unspecified atom stereocenters. The van der Waals surface area contributed by atoms with Crippen molar-refractivity contribution in [2.45, 2.75) is 25.3 Å². The minimum Gasteiger partial charge on any atom is -0.339 e. The molecule has 8 nitrogen and oxygen atoms in total. The summed E-state index contributed by atoms with van der Waals surface area (Å²) < 4.78 is 14.1. The van der Waals surface area contributed by atoms with Gasteiger partial charge in [-0.3, -0.25) is 14.5 Å². The molecule has 1 atom stereocenters. The molecule has 1 heterocycles. The van der Waals surface area contributed by atoms with Crippen molar-refractivity contribution in [3.05, 3.63) is 35.6 Å². The molecule has 1 N–H and O–H groups in total. The van der Waals surface area contributed by atoms with Crippen LogP contribution in [0.4, 0.5) is 9.18 Å². The first-order valence-corrected chi connectivity index (χ1v) is 8.26. The standard InChI is InChI=1S/C18H18FN5O3/c1-18(13-6-2-3-7-14(13)19)16(26)24(17(27)22-18)12-15(25)23(10-4-8-20)11-5-9-21/h2-3,6-7H,4-5,10-12H2,1H3,(H,22,27)/t18-/m0/s1. The molecule has 0 saturated carbocycles. The molecule has 9 heteroatoms. The van der Waals surface area contributed by atoms with E-state index >= 15 is 0 Å². The SMILES string of the molecule is C[C@@]1(c2ccccc2F)NC(=O)N(CC(=O)N(CCC#N)CCC#N)C1=O. The number of rotatable bonds is 7. The van der Waals surface area contributed by atoms with E-state index in [9.17, 15) is 18.8 Å². The normalized spacial score (nSPS) is 18.6. The van der Waals surface area contributed by atoms with Crippen LogP contribution >= 0.6 is 0 Å². The molecule has 0 aromatic heterocycles. The topological polar surface area (TPSA) is 117 Å². The number of carbonyl (C=O) groups excluding carboxylic acids is 3. The molecular weight excluding hydrogens is 353 g/mol. The molecule has 0 aliphatic carbocycles. The summed E-state index contributed by atoms with van der Waals surface area (Å²) in [6.07, 6.45) is 0.120. The van der Waals surface area contributed by atoms with E-state index in [0.29, 0.717) is 0 Å². The third kappa shape index (κ3) is 4.04. The molecular formula is C18H18FN5O3. The van der Waals surface area contributed by atoms with Gasteiger partial charge in [0.1, 0.15) is 17.9 Å². The van der Waals surface area contributed by atoms with Crippen molar-refractivity contribution in [1.82, 2.24) is 15.1 Å². The number of hydrogen-bond acceptors (Lipinski definition) is 5. The number of hydrogen-bond donors (Lipinski definition) is 1. The quantitative estimate of drug-likeness (QED) is 0.724. The first-order valence-electron chi connectivity index (χ1n) is 8.26. The minimum atomic E-state index is -1.62. The number of nitriles is 2. The largest absolute Gasteiger partial charge is 0.339 e. The highest BCUT2D eigenvalue weighted by molar-refractivity contribution is 6.09. The average Bonchev–Trinajstić information content (AvgIpc) is 2.86. The lowest BCUT2D eigenvalue weighted by Crippen LogP contribution is -2.45. The van der Waals surface area contributed by atoms with E-state index in [1.165, 1.54) is 30.0 Å². The van der Waals surface area contributed by atoms with Crippen LogP contribution in [0, 0.1) is 28.5 Å². The number of carbonyl (C=O) groups is 3. The Morgan fingerprint density at radius 3 is 2.37 bits per heavy atom. The zero-order valence-electron chi connectivity index (χ0n) is 14.7. The van der Waals surface area contributed by atoms with Gasteiger partial charge in [0.25, 0.3) is 5.91 Å². The number of nitrogens with one attached hydrogen (secondary N) is 1. The molecule has 1 fully saturated rings. The molecule has 1 aliphatic rings. The fourth-order valence-corrected chi connectivity index (χ4v) is 2.86. The number of nitrogens with zero attached hydrogens (tertiary/aromatic N) is 4. The van der Waals surface area contributed by atoms with Crippen molar-refractivity contribution >= 4 is 17.8 Å².